The van der Waals surface area contributed by atoms with Crippen LogP contribution >= 0.6 is 11.8 Å². The molecule has 0 saturated carbocycles. The molecule has 0 saturated heterocycles. The van der Waals surface area contributed by atoms with Crippen molar-refractivity contribution in [1.29, 1.82) is 0 Å². The minimum atomic E-state index is -3.81. The number of nitrogens with zero attached hydrogens (tertiary/aromatic N) is 1. The first-order valence-corrected chi connectivity index (χ1v) is 11.4. The van der Waals surface area contributed by atoms with Gasteiger partial charge in [0.1, 0.15) is 5.75 Å². The molecule has 2 N–H and O–H groups in total. The lowest BCUT2D eigenvalue weighted by Gasteiger charge is -2.18. The number of sulfonamides is 1. The van der Waals surface area contributed by atoms with Gasteiger partial charge in [-0.3, -0.25) is 20.4 Å². The number of aryl methyl sites for hydroxylation is 1. The van der Waals surface area contributed by atoms with Crippen LogP contribution in [0.1, 0.15) is 12.5 Å². The summed E-state index contributed by atoms with van der Waals surface area (Å²) >= 11 is 1.31. The third-order valence-electron chi connectivity index (χ3n) is 4.16. The number of hydrogen-bond donors (Lipinski definition) is 2. The molecule has 2 rings (SSSR count). The highest BCUT2D eigenvalue weighted by molar-refractivity contribution is 8.00. The largest absolute Gasteiger partial charge is 0.497 e. The summed E-state index contributed by atoms with van der Waals surface area (Å²) in [5.74, 6) is -0.343. The van der Waals surface area contributed by atoms with E-state index in [1.807, 2.05) is 19.1 Å². The normalized spacial score (nSPS) is 12.3. The Hall–Kier alpha value is -2.56. The molecule has 8 nitrogen and oxygen atoms in total. The zero-order valence-corrected chi connectivity index (χ0v) is 18.8. The molecule has 30 heavy (non-hydrogen) atoms. The minimum Gasteiger partial charge on any atom is -0.497 e. The molecule has 2 aromatic rings. The van der Waals surface area contributed by atoms with Crippen molar-refractivity contribution in [3.63, 3.8) is 0 Å². The molecule has 0 aromatic heterocycles. The summed E-state index contributed by atoms with van der Waals surface area (Å²) in [6, 6.07) is 13.6. The SMILES string of the molecule is COc1ccc(SC(C)C(=O)NNC(=O)CN(C)S(=O)(=O)c2ccc(C)cc2)cc1. The van der Waals surface area contributed by atoms with E-state index < -0.39 is 33.6 Å². The van der Waals surface area contributed by atoms with Gasteiger partial charge in [-0.15, -0.1) is 11.8 Å². The fourth-order valence-electron chi connectivity index (χ4n) is 2.36. The van der Waals surface area contributed by atoms with Crippen molar-refractivity contribution in [2.45, 2.75) is 28.9 Å². The van der Waals surface area contributed by atoms with E-state index in [1.54, 1.807) is 38.3 Å². The molecule has 1 unspecified atom stereocenters. The quantitative estimate of drug-likeness (QED) is 0.470. The van der Waals surface area contributed by atoms with Gasteiger partial charge in [0.05, 0.1) is 23.8 Å². The topological polar surface area (TPSA) is 105 Å². The van der Waals surface area contributed by atoms with E-state index in [0.29, 0.717) is 5.75 Å². The van der Waals surface area contributed by atoms with Gasteiger partial charge in [0.25, 0.3) is 11.8 Å². The van der Waals surface area contributed by atoms with Crippen molar-refractivity contribution >= 4 is 33.6 Å². The molecule has 10 heteroatoms. The number of methoxy groups -OCH3 is 1. The van der Waals surface area contributed by atoms with E-state index in [1.165, 1.54) is 30.9 Å². The summed E-state index contributed by atoms with van der Waals surface area (Å²) in [6.07, 6.45) is 0. The molecule has 1 atom stereocenters. The van der Waals surface area contributed by atoms with Gasteiger partial charge in [0, 0.05) is 11.9 Å². The molecule has 0 aliphatic rings. The summed E-state index contributed by atoms with van der Waals surface area (Å²) in [4.78, 5) is 25.3. The number of carbonyl (C=O) groups excluding carboxylic acids is 2. The Balaban J connectivity index is 1.85. The summed E-state index contributed by atoms with van der Waals surface area (Å²) < 4.78 is 31.1. The molecule has 0 bridgehead atoms. The van der Waals surface area contributed by atoms with Crippen LogP contribution < -0.4 is 15.6 Å². The molecule has 0 fully saturated rings. The van der Waals surface area contributed by atoms with Crippen LogP contribution in [0.5, 0.6) is 5.75 Å². The summed E-state index contributed by atoms with van der Waals surface area (Å²) in [7, 11) is -0.929. The van der Waals surface area contributed by atoms with Crippen molar-refractivity contribution in [3.8, 4) is 5.75 Å². The Morgan fingerprint density at radius 2 is 1.67 bits per heavy atom. The molecule has 0 aliphatic heterocycles. The Labute approximate surface area is 181 Å². The highest BCUT2D eigenvalue weighted by Crippen LogP contribution is 2.25. The van der Waals surface area contributed by atoms with Gasteiger partial charge in [0.2, 0.25) is 10.0 Å². The fourth-order valence-corrected chi connectivity index (χ4v) is 4.36. The highest BCUT2D eigenvalue weighted by atomic mass is 32.2. The van der Waals surface area contributed by atoms with Gasteiger partial charge in [0.15, 0.2) is 0 Å². The van der Waals surface area contributed by atoms with Crippen LogP contribution in [0.3, 0.4) is 0 Å². The molecule has 2 amide bonds. The zero-order chi connectivity index (χ0) is 22.3. The molecular weight excluding hydrogens is 426 g/mol. The van der Waals surface area contributed by atoms with E-state index >= 15 is 0 Å². The number of hydrogen-bond acceptors (Lipinski definition) is 6. The molecule has 0 spiro atoms. The van der Waals surface area contributed by atoms with Crippen molar-refractivity contribution in [2.24, 2.45) is 0 Å². The number of carbonyl (C=O) groups is 2. The van der Waals surface area contributed by atoms with Crippen LogP contribution in [-0.4, -0.2) is 50.5 Å². The fraction of sp³-hybridized carbons (Fsp3) is 0.300. The van der Waals surface area contributed by atoms with Gasteiger partial charge in [-0.2, -0.15) is 4.31 Å². The van der Waals surface area contributed by atoms with Crippen molar-refractivity contribution < 1.29 is 22.7 Å². The van der Waals surface area contributed by atoms with Gasteiger partial charge >= 0.3 is 0 Å². The van der Waals surface area contributed by atoms with Crippen LogP contribution in [0.4, 0.5) is 0 Å². The Morgan fingerprint density at radius 1 is 1.07 bits per heavy atom. The second kappa shape index (κ2) is 10.5. The van der Waals surface area contributed by atoms with Gasteiger partial charge in [-0.05, 0) is 50.2 Å². The number of ether oxygens (including phenoxy) is 1. The van der Waals surface area contributed by atoms with E-state index in [4.69, 9.17) is 4.74 Å². The predicted octanol–water partition coefficient (Wildman–Crippen LogP) is 1.95. The molecular formula is C20H25N3O5S2. The number of thioether (sulfide) groups is 1. The second-order valence-electron chi connectivity index (χ2n) is 6.55. The second-order valence-corrected chi connectivity index (χ2v) is 10.0. The number of benzene rings is 2. The number of likely N-dealkylation sites (N-methyl/N-ethyl adjacent to an activating group) is 1. The van der Waals surface area contributed by atoms with Crippen molar-refractivity contribution in [3.05, 3.63) is 54.1 Å². The van der Waals surface area contributed by atoms with Gasteiger partial charge in [-0.1, -0.05) is 17.7 Å². The molecule has 0 aliphatic carbocycles. The number of nitrogens with one attached hydrogen (secondary N) is 2. The maximum Gasteiger partial charge on any atom is 0.253 e. The van der Waals surface area contributed by atoms with Gasteiger partial charge in [-0.25, -0.2) is 8.42 Å². The van der Waals surface area contributed by atoms with Crippen molar-refractivity contribution in [2.75, 3.05) is 20.7 Å². The van der Waals surface area contributed by atoms with Crippen LogP contribution in [0, 0.1) is 6.92 Å². The predicted molar refractivity (Wildman–Crippen MR) is 116 cm³/mol. The maximum absolute atomic E-state index is 12.5. The molecule has 0 radical (unpaired) electrons. The molecule has 0 heterocycles. The van der Waals surface area contributed by atoms with E-state index in [-0.39, 0.29) is 4.90 Å². The first-order chi connectivity index (χ1) is 14.1. The summed E-state index contributed by atoms with van der Waals surface area (Å²) in [5, 5.41) is -0.479. The van der Waals surface area contributed by atoms with Crippen molar-refractivity contribution in [1.82, 2.24) is 15.2 Å². The lowest BCUT2D eigenvalue weighted by atomic mass is 10.2. The first kappa shape index (κ1) is 23.7. The summed E-state index contributed by atoms with van der Waals surface area (Å²) in [5.41, 5.74) is 5.51. The van der Waals surface area contributed by atoms with E-state index in [9.17, 15) is 18.0 Å². The number of amides is 2. The number of rotatable bonds is 8. The van der Waals surface area contributed by atoms with Crippen LogP contribution in [-0.2, 0) is 19.6 Å². The van der Waals surface area contributed by atoms with Crippen LogP contribution in [0.25, 0.3) is 0 Å². The zero-order valence-electron chi connectivity index (χ0n) is 17.2. The van der Waals surface area contributed by atoms with E-state index in [2.05, 4.69) is 10.9 Å². The lowest BCUT2D eigenvalue weighted by molar-refractivity contribution is -0.128. The average Bonchev–Trinajstić information content (AvgIpc) is 2.72. The third-order valence-corrected chi connectivity index (χ3v) is 7.09. The van der Waals surface area contributed by atoms with E-state index in [0.717, 1.165) is 14.8 Å². The highest BCUT2D eigenvalue weighted by Gasteiger charge is 2.23. The average molecular weight is 452 g/mol. The Kier molecular flexibility index (Phi) is 8.27. The molecule has 2 aromatic carbocycles. The standard InChI is InChI=1S/C20H25N3O5S2/c1-14-5-11-18(12-6-14)30(26,27)23(3)13-19(24)21-22-20(25)15(2)29-17-9-7-16(28-4)8-10-17/h5-12,15H,13H2,1-4H3,(H,21,24)(H,22,25). The summed E-state index contributed by atoms with van der Waals surface area (Å²) in [6.45, 7) is 3.12. The smallest absolute Gasteiger partial charge is 0.253 e. The van der Waals surface area contributed by atoms with Crippen LogP contribution in [0.15, 0.2) is 58.3 Å². The number of hydrazine groups is 1. The first-order valence-electron chi connectivity index (χ1n) is 9.06. The maximum atomic E-state index is 12.5. The Bertz CT molecular complexity index is 977. The van der Waals surface area contributed by atoms with Crippen LogP contribution in [0.2, 0.25) is 0 Å². The third kappa shape index (κ3) is 6.48. The van der Waals surface area contributed by atoms with Gasteiger partial charge < -0.3 is 4.74 Å². The Morgan fingerprint density at radius 3 is 2.23 bits per heavy atom. The minimum absolute atomic E-state index is 0.0944. The monoisotopic (exact) mass is 451 g/mol. The lowest BCUT2D eigenvalue weighted by Crippen LogP contribution is -2.48. The molecule has 162 valence electrons.